The first-order chi connectivity index (χ1) is 13.6. The van der Waals surface area contributed by atoms with E-state index in [9.17, 15) is 13.2 Å². The maximum absolute atomic E-state index is 13.3. The first kappa shape index (κ1) is 20.6. The van der Waals surface area contributed by atoms with E-state index in [4.69, 9.17) is 0 Å². The van der Waals surface area contributed by atoms with Crippen LogP contribution in [-0.4, -0.2) is 91.1 Å². The van der Waals surface area contributed by atoms with Crippen molar-refractivity contribution in [2.24, 2.45) is 5.92 Å². The second-order valence-corrected chi connectivity index (χ2v) is 10.8. The molecule has 4 saturated heterocycles. The van der Waals surface area contributed by atoms with Crippen LogP contribution >= 0.6 is 0 Å². The summed E-state index contributed by atoms with van der Waals surface area (Å²) in [5, 5.41) is 0. The number of hydrogen-bond acceptors (Lipinski definition) is 4. The van der Waals surface area contributed by atoms with Gasteiger partial charge in [0.2, 0.25) is 5.91 Å². The van der Waals surface area contributed by atoms with Gasteiger partial charge in [-0.25, -0.2) is 0 Å². The minimum Gasteiger partial charge on any atom is -0.341 e. The molecule has 0 radical (unpaired) electrons. The van der Waals surface area contributed by atoms with Gasteiger partial charge in [-0.2, -0.15) is 17.0 Å². The minimum absolute atomic E-state index is 0.110. The first-order valence-electron chi connectivity index (χ1n) is 11.4. The van der Waals surface area contributed by atoms with Crippen LogP contribution < -0.4 is 0 Å². The van der Waals surface area contributed by atoms with Gasteiger partial charge in [-0.05, 0) is 58.0 Å². The molecular weight excluding hydrogens is 376 g/mol. The topological polar surface area (TPSA) is 64.2 Å². The van der Waals surface area contributed by atoms with E-state index in [2.05, 4.69) is 4.90 Å². The van der Waals surface area contributed by atoms with Gasteiger partial charge in [-0.15, -0.1) is 0 Å². The molecule has 4 heterocycles. The first-order valence-corrected chi connectivity index (χ1v) is 12.7. The van der Waals surface area contributed by atoms with Crippen LogP contribution in [0.15, 0.2) is 0 Å². The van der Waals surface area contributed by atoms with Crippen LogP contribution in [0.3, 0.4) is 0 Å². The van der Waals surface area contributed by atoms with Gasteiger partial charge in [-0.1, -0.05) is 12.8 Å². The largest absolute Gasteiger partial charge is 0.341 e. The molecule has 1 amide bonds. The second-order valence-electron chi connectivity index (χ2n) is 8.89. The highest BCUT2D eigenvalue weighted by molar-refractivity contribution is 7.86. The summed E-state index contributed by atoms with van der Waals surface area (Å²) in [5.41, 5.74) is 0. The predicted molar refractivity (Wildman–Crippen MR) is 109 cm³/mol. The Labute approximate surface area is 170 Å². The summed E-state index contributed by atoms with van der Waals surface area (Å²) in [6, 6.07) is 0.409. The fraction of sp³-hybridized carbons (Fsp3) is 0.950. The molecule has 0 aliphatic carbocycles. The number of hydrogen-bond donors (Lipinski definition) is 0. The van der Waals surface area contributed by atoms with Gasteiger partial charge in [0.1, 0.15) is 0 Å². The van der Waals surface area contributed by atoms with Crippen molar-refractivity contribution in [2.45, 2.75) is 63.8 Å². The van der Waals surface area contributed by atoms with E-state index in [0.717, 1.165) is 58.0 Å². The van der Waals surface area contributed by atoms with Crippen LogP contribution in [0, 0.1) is 5.92 Å². The molecule has 7 nitrogen and oxygen atoms in total. The van der Waals surface area contributed by atoms with Gasteiger partial charge in [-0.3, -0.25) is 9.69 Å². The zero-order valence-electron chi connectivity index (χ0n) is 17.1. The molecule has 0 N–H and O–H groups in total. The van der Waals surface area contributed by atoms with Crippen molar-refractivity contribution in [3.05, 3.63) is 0 Å². The molecule has 0 unspecified atom stereocenters. The molecule has 8 heteroatoms. The number of carbonyl (C=O) groups is 1. The molecule has 4 aliphatic rings. The van der Waals surface area contributed by atoms with Gasteiger partial charge in [0.15, 0.2) is 0 Å². The van der Waals surface area contributed by atoms with Crippen molar-refractivity contribution < 1.29 is 13.2 Å². The van der Waals surface area contributed by atoms with Gasteiger partial charge in [0.25, 0.3) is 10.2 Å². The third kappa shape index (κ3) is 4.25. The third-order valence-corrected chi connectivity index (χ3v) is 9.18. The molecule has 0 spiro atoms. The van der Waals surface area contributed by atoms with Crippen LogP contribution in [0.4, 0.5) is 0 Å². The predicted octanol–water partition coefficient (Wildman–Crippen LogP) is 1.52. The summed E-state index contributed by atoms with van der Waals surface area (Å²) in [7, 11) is -3.38. The fourth-order valence-corrected chi connectivity index (χ4v) is 7.30. The molecular formula is C20H36N4O3S. The monoisotopic (exact) mass is 412 g/mol. The lowest BCUT2D eigenvalue weighted by atomic mass is 9.82. The normalized spacial score (nSPS) is 31.9. The van der Waals surface area contributed by atoms with E-state index in [0.29, 0.717) is 45.3 Å². The van der Waals surface area contributed by atoms with Crippen LogP contribution in [0.1, 0.15) is 57.8 Å². The van der Waals surface area contributed by atoms with E-state index in [1.807, 2.05) is 4.90 Å². The van der Waals surface area contributed by atoms with E-state index >= 15 is 0 Å². The smallest absolute Gasteiger partial charge is 0.282 e. The zero-order chi connectivity index (χ0) is 19.6. The highest BCUT2D eigenvalue weighted by Gasteiger charge is 2.40. The van der Waals surface area contributed by atoms with E-state index in [1.54, 1.807) is 8.61 Å². The van der Waals surface area contributed by atoms with Crippen molar-refractivity contribution in [1.29, 1.82) is 0 Å². The second kappa shape index (κ2) is 8.98. The molecule has 4 aliphatic heterocycles. The summed E-state index contributed by atoms with van der Waals surface area (Å²) < 4.78 is 29.3. The summed E-state index contributed by atoms with van der Waals surface area (Å²) >= 11 is 0. The number of carbonyl (C=O) groups excluding carboxylic acids is 1. The quantitative estimate of drug-likeness (QED) is 0.705. The number of rotatable bonds is 3. The van der Waals surface area contributed by atoms with Crippen molar-refractivity contribution in [1.82, 2.24) is 18.4 Å². The van der Waals surface area contributed by atoms with Crippen LogP contribution in [0.25, 0.3) is 0 Å². The molecule has 28 heavy (non-hydrogen) atoms. The van der Waals surface area contributed by atoms with Gasteiger partial charge >= 0.3 is 0 Å². The molecule has 0 bridgehead atoms. The van der Waals surface area contributed by atoms with Gasteiger partial charge in [0.05, 0.1) is 5.92 Å². The molecule has 0 aromatic carbocycles. The Morgan fingerprint density at radius 2 is 1.32 bits per heavy atom. The average Bonchev–Trinajstić information content (AvgIpc) is 3.00. The highest BCUT2D eigenvalue weighted by Crippen LogP contribution is 2.32. The van der Waals surface area contributed by atoms with E-state index in [-0.39, 0.29) is 11.8 Å². The van der Waals surface area contributed by atoms with Crippen molar-refractivity contribution >= 4 is 16.1 Å². The minimum atomic E-state index is -3.38. The third-order valence-electron chi connectivity index (χ3n) is 7.14. The maximum atomic E-state index is 13.3. The Balaban J connectivity index is 1.38. The van der Waals surface area contributed by atoms with Gasteiger partial charge in [0, 0.05) is 45.3 Å². The summed E-state index contributed by atoms with van der Waals surface area (Å²) in [4.78, 5) is 17.8. The zero-order valence-corrected chi connectivity index (χ0v) is 17.9. The number of nitrogens with zero attached hydrogens (tertiary/aromatic N) is 4. The lowest BCUT2D eigenvalue weighted by Gasteiger charge is -2.44. The highest BCUT2D eigenvalue weighted by atomic mass is 32.2. The molecule has 4 rings (SSSR count). The Morgan fingerprint density at radius 1 is 0.643 bits per heavy atom. The Kier molecular flexibility index (Phi) is 6.60. The van der Waals surface area contributed by atoms with Crippen molar-refractivity contribution in [3.8, 4) is 0 Å². The number of amides is 1. The fourth-order valence-electron chi connectivity index (χ4n) is 5.58. The summed E-state index contributed by atoms with van der Waals surface area (Å²) in [6.45, 7) is 5.74. The summed E-state index contributed by atoms with van der Waals surface area (Å²) in [5.74, 6) is 0.383. The number of piperidine rings is 3. The summed E-state index contributed by atoms with van der Waals surface area (Å²) in [6.07, 6.45) is 9.49. The standard InChI is InChI=1S/C20H36N4O3S/c25-20(18-8-6-11-21-10-5-2-9-19(18)21)22-12-7-15-24(17-16-22)28(26,27)23-13-3-1-4-14-23/h18-19H,1-17H2/t18-,19-/m1/s1. The Hall–Kier alpha value is -0.700. The lowest BCUT2D eigenvalue weighted by Crippen LogP contribution is -2.53. The van der Waals surface area contributed by atoms with Crippen LogP contribution in [-0.2, 0) is 15.0 Å². The van der Waals surface area contributed by atoms with E-state index < -0.39 is 10.2 Å². The molecule has 0 aromatic heterocycles. The molecule has 160 valence electrons. The SMILES string of the molecule is O=C([C@@H]1CCCN2CCCC[C@H]12)N1CCCN(S(=O)(=O)N2CCCCC2)CC1. The van der Waals surface area contributed by atoms with Crippen molar-refractivity contribution in [3.63, 3.8) is 0 Å². The average molecular weight is 413 g/mol. The lowest BCUT2D eigenvalue weighted by molar-refractivity contribution is -0.140. The number of fused-ring (bicyclic) bond motifs is 1. The van der Waals surface area contributed by atoms with Crippen LogP contribution in [0.5, 0.6) is 0 Å². The molecule has 0 aromatic rings. The molecule has 2 atom stereocenters. The molecule has 4 fully saturated rings. The Bertz CT molecular complexity index is 648. The Morgan fingerprint density at radius 3 is 2.14 bits per heavy atom. The molecule has 0 saturated carbocycles. The van der Waals surface area contributed by atoms with Gasteiger partial charge < -0.3 is 4.90 Å². The van der Waals surface area contributed by atoms with Crippen molar-refractivity contribution in [2.75, 3.05) is 52.4 Å². The maximum Gasteiger partial charge on any atom is 0.282 e. The van der Waals surface area contributed by atoms with Crippen LogP contribution in [0.2, 0.25) is 0 Å². The van der Waals surface area contributed by atoms with E-state index in [1.165, 1.54) is 12.8 Å².